The highest BCUT2D eigenvalue weighted by molar-refractivity contribution is 6.10. The Bertz CT molecular complexity index is 1110. The van der Waals surface area contributed by atoms with E-state index < -0.39 is 0 Å². The molecule has 114 valence electrons. The Morgan fingerprint density at radius 2 is 1.74 bits per heavy atom. The van der Waals surface area contributed by atoms with Gasteiger partial charge in [-0.3, -0.25) is 0 Å². The lowest BCUT2D eigenvalue weighted by molar-refractivity contribution is -0.665. The highest BCUT2D eigenvalue weighted by Crippen LogP contribution is 2.34. The van der Waals surface area contributed by atoms with Crippen LogP contribution in [-0.2, 0) is 7.05 Å². The molecule has 0 aliphatic carbocycles. The minimum atomic E-state index is 0.515. The van der Waals surface area contributed by atoms with Crippen LogP contribution in [0.3, 0.4) is 0 Å². The molecule has 0 saturated heterocycles. The molecule has 0 radical (unpaired) electrons. The molecule has 0 amide bonds. The first-order valence-electron chi connectivity index (χ1n) is 8.46. The molecule has 0 atom stereocenters. The maximum atomic E-state index is 8.27. The monoisotopic (exact) mass is 302 g/mol. The van der Waals surface area contributed by atoms with Gasteiger partial charge in [0.25, 0.3) is 5.82 Å². The Balaban J connectivity index is 2.28. The zero-order valence-corrected chi connectivity index (χ0v) is 14.0. The molecular formula is C21H21N2+. The minimum absolute atomic E-state index is 0.515. The number of rotatable bonds is 1. The van der Waals surface area contributed by atoms with Crippen molar-refractivity contribution >= 4 is 21.8 Å². The van der Waals surface area contributed by atoms with E-state index in [0.29, 0.717) is 6.17 Å². The third-order valence-corrected chi connectivity index (χ3v) is 4.78. The minimum Gasteiger partial charge on any atom is -0.237 e. The maximum Gasteiger partial charge on any atom is 0.286 e. The van der Waals surface area contributed by atoms with Crippen LogP contribution in [0.25, 0.3) is 27.6 Å². The second-order valence-electron chi connectivity index (χ2n) is 6.34. The van der Waals surface area contributed by atoms with Crippen molar-refractivity contribution in [2.24, 2.45) is 7.05 Å². The van der Waals surface area contributed by atoms with Crippen molar-refractivity contribution in [3.05, 3.63) is 71.4 Å². The number of hydrogen-bond acceptors (Lipinski definition) is 0. The van der Waals surface area contributed by atoms with E-state index in [1.165, 1.54) is 32.9 Å². The van der Waals surface area contributed by atoms with E-state index in [1.807, 2.05) is 24.6 Å². The third kappa shape index (κ3) is 1.98. The zero-order valence-electron chi connectivity index (χ0n) is 15.0. The summed E-state index contributed by atoms with van der Waals surface area (Å²) in [6.45, 7) is 6.39. The summed E-state index contributed by atoms with van der Waals surface area (Å²) in [5.74, 6) is 1.03. The topological polar surface area (TPSA) is 8.81 Å². The van der Waals surface area contributed by atoms with Gasteiger partial charge in [-0.25, -0.2) is 4.57 Å². The molecule has 2 heterocycles. The molecule has 0 bridgehead atoms. The van der Waals surface area contributed by atoms with Gasteiger partial charge >= 0.3 is 0 Å². The van der Waals surface area contributed by atoms with E-state index in [1.54, 1.807) is 0 Å². The van der Waals surface area contributed by atoms with Crippen molar-refractivity contribution in [1.82, 2.24) is 4.57 Å². The summed E-state index contributed by atoms with van der Waals surface area (Å²) < 4.78 is 12.5. The lowest BCUT2D eigenvalue weighted by Crippen LogP contribution is -2.33. The molecule has 23 heavy (non-hydrogen) atoms. The van der Waals surface area contributed by atoms with E-state index in [2.05, 4.69) is 60.9 Å². The third-order valence-electron chi connectivity index (χ3n) is 4.78. The van der Waals surface area contributed by atoms with E-state index >= 15 is 0 Å². The molecule has 2 aromatic heterocycles. The number of nitrogens with zero attached hydrogens (tertiary/aromatic N) is 2. The lowest BCUT2D eigenvalue weighted by atomic mass is 10.1. The highest BCUT2D eigenvalue weighted by Gasteiger charge is 2.22. The molecule has 2 heteroatoms. The maximum absolute atomic E-state index is 8.27. The molecule has 0 saturated carbocycles. The van der Waals surface area contributed by atoms with Crippen LogP contribution in [0.1, 0.15) is 18.1 Å². The smallest absolute Gasteiger partial charge is 0.237 e. The SMILES string of the molecule is [2H]c1cc(C)cc(-n2c3ccccc3c3ccc(C)c(C)c32)[n+]1C. The molecule has 2 nitrogen and oxygen atoms in total. The van der Waals surface area contributed by atoms with E-state index in [4.69, 9.17) is 1.37 Å². The predicted octanol–water partition coefficient (Wildman–Crippen LogP) is 4.53. The van der Waals surface area contributed by atoms with Crippen LogP contribution < -0.4 is 4.57 Å². The predicted molar refractivity (Wildman–Crippen MR) is 96.2 cm³/mol. The van der Waals surface area contributed by atoms with Gasteiger partial charge in [-0.15, -0.1) is 0 Å². The molecule has 0 aliphatic rings. The molecule has 0 fully saturated rings. The van der Waals surface area contributed by atoms with Crippen molar-refractivity contribution in [3.63, 3.8) is 0 Å². The fourth-order valence-electron chi connectivity index (χ4n) is 3.38. The van der Waals surface area contributed by atoms with E-state index in [-0.39, 0.29) is 0 Å². The number of para-hydroxylation sites is 1. The molecular weight excluding hydrogens is 280 g/mol. The van der Waals surface area contributed by atoms with Gasteiger partial charge in [-0.1, -0.05) is 18.2 Å². The van der Waals surface area contributed by atoms with Gasteiger partial charge in [-0.05, 0) is 61.7 Å². The highest BCUT2D eigenvalue weighted by atomic mass is 15.1. The van der Waals surface area contributed by atoms with Crippen molar-refractivity contribution in [1.29, 1.82) is 0 Å². The van der Waals surface area contributed by atoms with Crippen LogP contribution in [0.2, 0.25) is 0 Å². The van der Waals surface area contributed by atoms with Crippen LogP contribution in [0.4, 0.5) is 0 Å². The number of benzene rings is 2. The molecule has 0 N–H and O–H groups in total. The first-order valence-corrected chi connectivity index (χ1v) is 7.96. The van der Waals surface area contributed by atoms with Gasteiger partial charge in [0.15, 0.2) is 0 Å². The Morgan fingerprint density at radius 1 is 0.957 bits per heavy atom. The quantitative estimate of drug-likeness (QED) is 0.457. The van der Waals surface area contributed by atoms with Gasteiger partial charge in [0.05, 0.1) is 13.2 Å². The summed E-state index contributed by atoms with van der Waals surface area (Å²) in [5.41, 5.74) is 6.09. The first-order chi connectivity index (χ1) is 11.5. The van der Waals surface area contributed by atoms with Crippen LogP contribution >= 0.6 is 0 Å². The van der Waals surface area contributed by atoms with Gasteiger partial charge in [-0.2, -0.15) is 4.57 Å². The lowest BCUT2D eigenvalue weighted by Gasteiger charge is -2.07. The van der Waals surface area contributed by atoms with Gasteiger partial charge in [0, 0.05) is 16.8 Å². The van der Waals surface area contributed by atoms with Gasteiger partial charge in [0.2, 0.25) is 0 Å². The fraction of sp³-hybridized carbons (Fsp3) is 0.190. The number of hydrogen-bond donors (Lipinski definition) is 0. The summed E-state index contributed by atoms with van der Waals surface area (Å²) in [4.78, 5) is 0. The normalized spacial score (nSPS) is 12.1. The summed E-state index contributed by atoms with van der Waals surface area (Å²) in [5, 5.41) is 2.52. The van der Waals surface area contributed by atoms with Crippen molar-refractivity contribution < 1.29 is 5.94 Å². The van der Waals surface area contributed by atoms with Crippen LogP contribution in [0.5, 0.6) is 0 Å². The Hall–Kier alpha value is -2.61. The first kappa shape index (κ1) is 12.9. The van der Waals surface area contributed by atoms with Crippen LogP contribution in [0, 0.1) is 20.8 Å². The number of pyridine rings is 1. The van der Waals surface area contributed by atoms with Crippen molar-refractivity contribution in [2.45, 2.75) is 20.8 Å². The summed E-state index contributed by atoms with van der Waals surface area (Å²) in [7, 11) is 1.96. The van der Waals surface area contributed by atoms with E-state index in [9.17, 15) is 0 Å². The molecule has 0 spiro atoms. The van der Waals surface area contributed by atoms with Crippen molar-refractivity contribution in [3.8, 4) is 5.82 Å². The molecule has 2 aromatic carbocycles. The van der Waals surface area contributed by atoms with Crippen LogP contribution in [-0.4, -0.2) is 4.57 Å². The average molecular weight is 302 g/mol. The van der Waals surface area contributed by atoms with Gasteiger partial charge in [0.1, 0.15) is 12.4 Å². The number of aromatic nitrogens is 2. The standard InChI is InChI=1S/C21H21N2/c1-14-11-12-22(4)20(13-14)23-19-8-6-5-7-17(19)18-10-9-15(2)16(3)21(18)23/h5-13H,1-4H3/q+1/i12D. The molecule has 4 rings (SSSR count). The Kier molecular flexibility index (Phi) is 2.77. The molecule has 0 unspecified atom stereocenters. The summed E-state index contributed by atoms with van der Waals surface area (Å²) in [6, 6.07) is 17.0. The summed E-state index contributed by atoms with van der Waals surface area (Å²) >= 11 is 0. The average Bonchev–Trinajstić information content (AvgIpc) is 2.89. The Labute approximate surface area is 138 Å². The second kappa shape index (κ2) is 4.95. The zero-order chi connectivity index (χ0) is 17.0. The Morgan fingerprint density at radius 3 is 2.57 bits per heavy atom. The van der Waals surface area contributed by atoms with Gasteiger partial charge < -0.3 is 0 Å². The largest absolute Gasteiger partial charge is 0.286 e. The number of aryl methyl sites for hydroxylation is 3. The fourth-order valence-corrected chi connectivity index (χ4v) is 3.38. The second-order valence-corrected chi connectivity index (χ2v) is 6.34. The van der Waals surface area contributed by atoms with Crippen LogP contribution in [0.15, 0.2) is 54.7 Å². The molecule has 4 aromatic rings. The number of fused-ring (bicyclic) bond motifs is 3. The summed E-state index contributed by atoms with van der Waals surface area (Å²) in [6.07, 6.45) is 0.515. The van der Waals surface area contributed by atoms with E-state index in [0.717, 1.165) is 11.4 Å². The molecule has 0 aliphatic heterocycles. The van der Waals surface area contributed by atoms with Crippen molar-refractivity contribution in [2.75, 3.05) is 0 Å².